The molecule has 1 heterocycles. The van der Waals surface area contributed by atoms with Crippen LogP contribution in [0.25, 0.3) is 0 Å². The second-order valence-corrected chi connectivity index (χ2v) is 6.11. The molecule has 1 N–H and O–H groups in total. The number of nitrogens with zero attached hydrogens (tertiary/aromatic N) is 1. The van der Waals surface area contributed by atoms with Gasteiger partial charge in [-0.3, -0.25) is 9.69 Å². The van der Waals surface area contributed by atoms with Crippen molar-refractivity contribution in [1.29, 1.82) is 0 Å². The number of aliphatic carboxylic acids is 1. The number of carboxylic acid groups (broad SMARTS) is 1. The second-order valence-electron chi connectivity index (χ2n) is 6.11. The first-order chi connectivity index (χ1) is 11.3. The highest BCUT2D eigenvalue weighted by Gasteiger charge is 2.30. The molecule has 0 bridgehead atoms. The molecule has 1 saturated heterocycles. The molecule has 7 heteroatoms. The molecular weight excluding hydrogens is 323 g/mol. The van der Waals surface area contributed by atoms with Crippen molar-refractivity contribution in [3.8, 4) is 5.75 Å². The predicted molar refractivity (Wildman–Crippen MR) is 83.0 cm³/mol. The minimum absolute atomic E-state index is 0.218. The van der Waals surface area contributed by atoms with Gasteiger partial charge in [0.15, 0.2) is 0 Å². The van der Waals surface area contributed by atoms with Crippen molar-refractivity contribution in [2.24, 2.45) is 5.92 Å². The standard InChI is InChI=1S/C17H22F3NO3/c18-17(19,20)14-3-5-15(6-4-14)24-11-10-21-8-1-2-13(7-9-21)12-16(22)23/h3-6,13H,1-2,7-12H2,(H,22,23)/t13-/m1/s1. The number of ether oxygens (including phenoxy) is 1. The van der Waals surface area contributed by atoms with Gasteiger partial charge in [0.05, 0.1) is 5.56 Å². The summed E-state index contributed by atoms with van der Waals surface area (Å²) in [5, 5.41) is 8.86. The minimum atomic E-state index is -4.34. The summed E-state index contributed by atoms with van der Waals surface area (Å²) in [6.45, 7) is 2.80. The van der Waals surface area contributed by atoms with E-state index in [4.69, 9.17) is 9.84 Å². The fourth-order valence-corrected chi connectivity index (χ4v) is 2.93. The molecule has 134 valence electrons. The van der Waals surface area contributed by atoms with Gasteiger partial charge in [0, 0.05) is 13.0 Å². The van der Waals surface area contributed by atoms with Crippen LogP contribution in [0.15, 0.2) is 24.3 Å². The molecule has 1 aromatic carbocycles. The maximum Gasteiger partial charge on any atom is 0.416 e. The quantitative estimate of drug-likeness (QED) is 0.855. The highest BCUT2D eigenvalue weighted by atomic mass is 19.4. The molecule has 0 radical (unpaired) electrons. The number of hydrogen-bond acceptors (Lipinski definition) is 3. The minimum Gasteiger partial charge on any atom is -0.492 e. The van der Waals surface area contributed by atoms with Crippen LogP contribution in [0.5, 0.6) is 5.75 Å². The Morgan fingerprint density at radius 2 is 1.92 bits per heavy atom. The molecule has 0 spiro atoms. The normalized spacial score (nSPS) is 19.7. The van der Waals surface area contributed by atoms with Crippen LogP contribution >= 0.6 is 0 Å². The SMILES string of the molecule is O=C(O)C[C@@H]1CCCN(CCOc2ccc(C(F)(F)F)cc2)CC1. The summed E-state index contributed by atoms with van der Waals surface area (Å²) in [5.41, 5.74) is -0.688. The van der Waals surface area contributed by atoms with Gasteiger partial charge >= 0.3 is 12.1 Å². The van der Waals surface area contributed by atoms with E-state index in [1.165, 1.54) is 12.1 Å². The zero-order valence-corrected chi connectivity index (χ0v) is 13.4. The Morgan fingerprint density at radius 1 is 1.21 bits per heavy atom. The Morgan fingerprint density at radius 3 is 2.54 bits per heavy atom. The van der Waals surface area contributed by atoms with Crippen LogP contribution in [0.1, 0.15) is 31.2 Å². The number of alkyl halides is 3. The maximum atomic E-state index is 12.5. The lowest BCUT2D eigenvalue weighted by Crippen LogP contribution is -2.29. The Hall–Kier alpha value is -1.76. The number of benzene rings is 1. The Bertz CT molecular complexity index is 531. The molecule has 1 aliphatic heterocycles. The third-order valence-electron chi connectivity index (χ3n) is 4.26. The third-order valence-corrected chi connectivity index (χ3v) is 4.26. The van der Waals surface area contributed by atoms with Gasteiger partial charge in [0.25, 0.3) is 0 Å². The summed E-state index contributed by atoms with van der Waals surface area (Å²) in [4.78, 5) is 13.0. The van der Waals surface area contributed by atoms with Crippen molar-refractivity contribution in [2.45, 2.75) is 31.9 Å². The van der Waals surface area contributed by atoms with E-state index in [1.807, 2.05) is 0 Å². The molecule has 0 saturated carbocycles. The molecule has 4 nitrogen and oxygen atoms in total. The summed E-state index contributed by atoms with van der Waals surface area (Å²) in [6, 6.07) is 4.68. The van der Waals surface area contributed by atoms with Crippen molar-refractivity contribution < 1.29 is 27.8 Å². The van der Waals surface area contributed by atoms with Gasteiger partial charge in [0.1, 0.15) is 12.4 Å². The number of carbonyl (C=O) groups is 1. The van der Waals surface area contributed by atoms with Crippen LogP contribution < -0.4 is 4.74 Å². The largest absolute Gasteiger partial charge is 0.492 e. The predicted octanol–water partition coefficient (Wildman–Crippen LogP) is 3.66. The molecule has 1 fully saturated rings. The van der Waals surface area contributed by atoms with E-state index in [-0.39, 0.29) is 12.3 Å². The molecule has 2 rings (SSSR count). The number of rotatable bonds is 6. The molecule has 0 amide bonds. The lowest BCUT2D eigenvalue weighted by atomic mass is 9.97. The van der Waals surface area contributed by atoms with E-state index in [2.05, 4.69) is 4.90 Å². The first kappa shape index (κ1) is 18.6. The van der Waals surface area contributed by atoms with Crippen molar-refractivity contribution in [2.75, 3.05) is 26.2 Å². The Kier molecular flexibility index (Phi) is 6.48. The molecular formula is C17H22F3NO3. The summed E-state index contributed by atoms with van der Waals surface area (Å²) < 4.78 is 42.9. The zero-order chi connectivity index (χ0) is 17.6. The fourth-order valence-electron chi connectivity index (χ4n) is 2.93. The lowest BCUT2D eigenvalue weighted by Gasteiger charge is -2.20. The fraction of sp³-hybridized carbons (Fsp3) is 0.588. The van der Waals surface area contributed by atoms with Crippen LogP contribution in [-0.4, -0.2) is 42.2 Å². The van der Waals surface area contributed by atoms with Gasteiger partial charge < -0.3 is 9.84 Å². The van der Waals surface area contributed by atoms with Gasteiger partial charge in [-0.1, -0.05) is 0 Å². The highest BCUT2D eigenvalue weighted by molar-refractivity contribution is 5.67. The molecule has 0 aliphatic carbocycles. The molecule has 0 aromatic heterocycles. The lowest BCUT2D eigenvalue weighted by molar-refractivity contribution is -0.138. The maximum absolute atomic E-state index is 12.5. The smallest absolute Gasteiger partial charge is 0.416 e. The van der Waals surface area contributed by atoms with E-state index >= 15 is 0 Å². The van der Waals surface area contributed by atoms with Gasteiger partial charge in [-0.15, -0.1) is 0 Å². The average Bonchev–Trinajstić information content (AvgIpc) is 2.72. The number of carboxylic acids is 1. The Labute approximate surface area is 139 Å². The van der Waals surface area contributed by atoms with Crippen LogP contribution in [0.3, 0.4) is 0 Å². The van der Waals surface area contributed by atoms with E-state index in [0.717, 1.165) is 44.5 Å². The van der Waals surface area contributed by atoms with E-state index in [1.54, 1.807) is 0 Å². The molecule has 1 atom stereocenters. The number of hydrogen-bond donors (Lipinski definition) is 1. The van der Waals surface area contributed by atoms with Crippen molar-refractivity contribution in [3.05, 3.63) is 29.8 Å². The van der Waals surface area contributed by atoms with Crippen molar-refractivity contribution in [3.63, 3.8) is 0 Å². The van der Waals surface area contributed by atoms with E-state index < -0.39 is 17.7 Å². The topological polar surface area (TPSA) is 49.8 Å². The monoisotopic (exact) mass is 345 g/mol. The van der Waals surface area contributed by atoms with Gasteiger partial charge in [0.2, 0.25) is 0 Å². The van der Waals surface area contributed by atoms with Crippen LogP contribution in [-0.2, 0) is 11.0 Å². The van der Waals surface area contributed by atoms with Crippen molar-refractivity contribution in [1.82, 2.24) is 4.90 Å². The molecule has 0 unspecified atom stereocenters. The van der Waals surface area contributed by atoms with Gasteiger partial charge in [-0.05, 0) is 62.5 Å². The van der Waals surface area contributed by atoms with E-state index in [9.17, 15) is 18.0 Å². The Balaban J connectivity index is 1.73. The van der Waals surface area contributed by atoms with Gasteiger partial charge in [-0.25, -0.2) is 0 Å². The summed E-state index contributed by atoms with van der Waals surface area (Å²) in [6.07, 6.45) is -1.39. The number of halogens is 3. The third kappa shape index (κ3) is 6.03. The summed E-state index contributed by atoms with van der Waals surface area (Å²) >= 11 is 0. The van der Waals surface area contributed by atoms with Crippen molar-refractivity contribution >= 4 is 5.97 Å². The number of likely N-dealkylation sites (tertiary alicyclic amines) is 1. The molecule has 1 aromatic rings. The summed E-state index contributed by atoms with van der Waals surface area (Å²) in [7, 11) is 0. The molecule has 1 aliphatic rings. The molecule has 24 heavy (non-hydrogen) atoms. The van der Waals surface area contributed by atoms with Crippen LogP contribution in [0.2, 0.25) is 0 Å². The second kappa shape index (κ2) is 8.37. The highest BCUT2D eigenvalue weighted by Crippen LogP contribution is 2.30. The van der Waals surface area contributed by atoms with Crippen LogP contribution in [0, 0.1) is 5.92 Å². The summed E-state index contributed by atoms with van der Waals surface area (Å²) in [5.74, 6) is -0.107. The first-order valence-electron chi connectivity index (χ1n) is 8.09. The first-order valence-corrected chi connectivity index (χ1v) is 8.09. The average molecular weight is 345 g/mol. The van der Waals surface area contributed by atoms with Crippen LogP contribution in [0.4, 0.5) is 13.2 Å². The van der Waals surface area contributed by atoms with Gasteiger partial charge in [-0.2, -0.15) is 13.2 Å². The van der Waals surface area contributed by atoms with E-state index in [0.29, 0.717) is 18.9 Å². The zero-order valence-electron chi connectivity index (χ0n) is 13.4.